The predicted molar refractivity (Wildman–Crippen MR) is 94.8 cm³/mol. The van der Waals surface area contributed by atoms with Crippen LogP contribution in [0.25, 0.3) is 0 Å². The predicted octanol–water partition coefficient (Wildman–Crippen LogP) is 2.15. The summed E-state index contributed by atoms with van der Waals surface area (Å²) >= 11 is 1.42. The summed E-state index contributed by atoms with van der Waals surface area (Å²) in [7, 11) is 0. The first kappa shape index (κ1) is 16.9. The average molecular weight is 348 g/mol. The van der Waals surface area contributed by atoms with Crippen LogP contribution in [0, 0.1) is 6.92 Å². The molecule has 0 aromatic carbocycles. The largest absolute Gasteiger partial charge is 0.343 e. The molecule has 0 spiro atoms. The molecule has 1 amide bonds. The van der Waals surface area contributed by atoms with Crippen LogP contribution in [0.15, 0.2) is 6.07 Å². The van der Waals surface area contributed by atoms with Gasteiger partial charge in [-0.2, -0.15) is 9.47 Å². The molecule has 1 aliphatic rings. The Labute approximate surface area is 146 Å². The van der Waals surface area contributed by atoms with Crippen molar-refractivity contribution >= 4 is 22.6 Å². The van der Waals surface area contributed by atoms with E-state index in [-0.39, 0.29) is 5.91 Å². The molecule has 7 nitrogen and oxygen atoms in total. The maximum Gasteiger partial charge on any atom is 0.272 e. The number of anilines is 1. The molecular formula is C16H24N6OS. The fourth-order valence-corrected chi connectivity index (χ4v) is 3.54. The van der Waals surface area contributed by atoms with Gasteiger partial charge >= 0.3 is 0 Å². The number of aromatic nitrogens is 4. The Morgan fingerprint density at radius 2 is 2.00 bits per heavy atom. The van der Waals surface area contributed by atoms with E-state index in [1.165, 1.54) is 11.5 Å². The van der Waals surface area contributed by atoms with E-state index in [1.54, 1.807) is 0 Å². The molecule has 0 N–H and O–H groups in total. The second-order valence-electron chi connectivity index (χ2n) is 6.33. The zero-order valence-corrected chi connectivity index (χ0v) is 15.5. The van der Waals surface area contributed by atoms with Gasteiger partial charge in [-0.1, -0.05) is 13.8 Å². The summed E-state index contributed by atoms with van der Waals surface area (Å²) in [6, 6.07) is 1.94. The van der Waals surface area contributed by atoms with Crippen molar-refractivity contribution in [2.75, 3.05) is 31.1 Å². The van der Waals surface area contributed by atoms with Crippen molar-refractivity contribution in [1.82, 2.24) is 24.0 Å². The summed E-state index contributed by atoms with van der Waals surface area (Å²) in [5, 5.41) is 5.50. The van der Waals surface area contributed by atoms with E-state index in [0.29, 0.717) is 31.2 Å². The molecule has 8 heteroatoms. The molecule has 0 unspecified atom stereocenters. The third kappa shape index (κ3) is 3.28. The number of carbonyl (C=O) groups is 1. The molecule has 1 fully saturated rings. The molecule has 1 aliphatic heterocycles. The van der Waals surface area contributed by atoms with Crippen LogP contribution < -0.4 is 4.90 Å². The van der Waals surface area contributed by atoms with Crippen molar-refractivity contribution in [3.8, 4) is 0 Å². The Bertz CT molecular complexity index is 714. The Balaban J connectivity index is 1.69. The molecule has 3 rings (SSSR count). The lowest BCUT2D eigenvalue weighted by Gasteiger charge is -2.34. The van der Waals surface area contributed by atoms with Gasteiger partial charge in [-0.25, -0.2) is 4.98 Å². The summed E-state index contributed by atoms with van der Waals surface area (Å²) in [6.07, 6.45) is 0. The van der Waals surface area contributed by atoms with Crippen LogP contribution in [0.2, 0.25) is 0 Å². The number of nitrogens with zero attached hydrogens (tertiary/aromatic N) is 6. The number of piperazine rings is 1. The molecule has 1 saturated heterocycles. The first-order valence-electron chi connectivity index (χ1n) is 8.42. The smallest absolute Gasteiger partial charge is 0.272 e. The molecule has 0 saturated carbocycles. The van der Waals surface area contributed by atoms with Gasteiger partial charge in [0.25, 0.3) is 5.91 Å². The second-order valence-corrected chi connectivity index (χ2v) is 7.06. The highest BCUT2D eigenvalue weighted by atomic mass is 32.1. The maximum absolute atomic E-state index is 12.9. The van der Waals surface area contributed by atoms with Crippen molar-refractivity contribution in [3.05, 3.63) is 23.3 Å². The number of rotatable bonds is 4. The van der Waals surface area contributed by atoms with Crippen LogP contribution in [-0.2, 0) is 6.54 Å². The first-order valence-corrected chi connectivity index (χ1v) is 9.19. The van der Waals surface area contributed by atoms with E-state index in [9.17, 15) is 4.79 Å². The first-order chi connectivity index (χ1) is 11.5. The van der Waals surface area contributed by atoms with Crippen LogP contribution in [0.5, 0.6) is 0 Å². The molecule has 24 heavy (non-hydrogen) atoms. The van der Waals surface area contributed by atoms with E-state index in [1.807, 2.05) is 29.5 Å². The lowest BCUT2D eigenvalue weighted by Crippen LogP contribution is -2.49. The Kier molecular flexibility index (Phi) is 4.84. The summed E-state index contributed by atoms with van der Waals surface area (Å²) in [6.45, 7) is 11.8. The third-order valence-corrected chi connectivity index (χ3v) is 5.13. The Hall–Kier alpha value is -1.96. The van der Waals surface area contributed by atoms with Crippen LogP contribution in [0.1, 0.15) is 48.7 Å². The van der Waals surface area contributed by atoms with E-state index in [0.717, 1.165) is 29.7 Å². The quantitative estimate of drug-likeness (QED) is 0.847. The zero-order valence-electron chi connectivity index (χ0n) is 14.7. The van der Waals surface area contributed by atoms with Gasteiger partial charge in [-0.05, 0) is 25.8 Å². The number of carbonyl (C=O) groups excluding carboxylic acids is 1. The summed E-state index contributed by atoms with van der Waals surface area (Å²) in [5.41, 5.74) is 1.67. The van der Waals surface area contributed by atoms with Gasteiger partial charge in [-0.3, -0.25) is 9.48 Å². The van der Waals surface area contributed by atoms with E-state index >= 15 is 0 Å². The monoisotopic (exact) mass is 348 g/mol. The molecule has 0 aliphatic carbocycles. The highest BCUT2D eigenvalue weighted by Gasteiger charge is 2.26. The van der Waals surface area contributed by atoms with Crippen LogP contribution in [0.4, 0.5) is 5.13 Å². The summed E-state index contributed by atoms with van der Waals surface area (Å²) in [5.74, 6) is 1.20. The Morgan fingerprint density at radius 1 is 1.29 bits per heavy atom. The van der Waals surface area contributed by atoms with E-state index in [4.69, 9.17) is 0 Å². The van der Waals surface area contributed by atoms with E-state index in [2.05, 4.69) is 33.2 Å². The highest BCUT2D eigenvalue weighted by molar-refractivity contribution is 7.09. The fraction of sp³-hybridized carbons (Fsp3) is 0.625. The van der Waals surface area contributed by atoms with Crippen molar-refractivity contribution in [2.24, 2.45) is 0 Å². The molecule has 3 heterocycles. The summed E-state index contributed by atoms with van der Waals surface area (Å²) in [4.78, 5) is 21.4. The van der Waals surface area contributed by atoms with Gasteiger partial charge in [0, 0.05) is 44.3 Å². The van der Waals surface area contributed by atoms with Gasteiger partial charge < -0.3 is 9.80 Å². The molecule has 0 bridgehead atoms. The fourth-order valence-electron chi connectivity index (χ4n) is 2.81. The minimum Gasteiger partial charge on any atom is -0.343 e. The maximum atomic E-state index is 12.9. The SMILES string of the molecule is CCn1nc(C(C)C)cc1C(=O)N1CCN(c2nc(C)ns2)CC1. The van der Waals surface area contributed by atoms with E-state index < -0.39 is 0 Å². The van der Waals surface area contributed by atoms with Crippen LogP contribution >= 0.6 is 11.5 Å². The third-order valence-electron chi connectivity index (χ3n) is 4.26. The van der Waals surface area contributed by atoms with Crippen molar-refractivity contribution in [3.63, 3.8) is 0 Å². The van der Waals surface area contributed by atoms with Crippen molar-refractivity contribution < 1.29 is 4.79 Å². The zero-order chi connectivity index (χ0) is 17.3. The number of hydrogen-bond donors (Lipinski definition) is 0. The van der Waals surface area contributed by atoms with Crippen LogP contribution in [-0.4, -0.2) is 56.1 Å². The molecule has 0 atom stereocenters. The highest BCUT2D eigenvalue weighted by Crippen LogP contribution is 2.20. The number of aryl methyl sites for hydroxylation is 2. The van der Waals surface area contributed by atoms with Crippen LogP contribution in [0.3, 0.4) is 0 Å². The van der Waals surface area contributed by atoms with Gasteiger partial charge in [0.15, 0.2) is 0 Å². The lowest BCUT2D eigenvalue weighted by molar-refractivity contribution is 0.0734. The van der Waals surface area contributed by atoms with Crippen molar-refractivity contribution in [2.45, 2.75) is 40.2 Å². The number of hydrogen-bond acceptors (Lipinski definition) is 6. The average Bonchev–Trinajstić information content (AvgIpc) is 3.20. The topological polar surface area (TPSA) is 67.2 Å². The normalized spacial score (nSPS) is 15.4. The Morgan fingerprint density at radius 3 is 2.54 bits per heavy atom. The van der Waals surface area contributed by atoms with Crippen molar-refractivity contribution in [1.29, 1.82) is 0 Å². The van der Waals surface area contributed by atoms with Gasteiger partial charge in [-0.15, -0.1) is 0 Å². The van der Waals surface area contributed by atoms with Gasteiger partial charge in [0.05, 0.1) is 5.69 Å². The summed E-state index contributed by atoms with van der Waals surface area (Å²) < 4.78 is 6.05. The molecule has 2 aromatic heterocycles. The minimum absolute atomic E-state index is 0.0735. The molecule has 0 radical (unpaired) electrons. The number of amides is 1. The molecule has 130 valence electrons. The minimum atomic E-state index is 0.0735. The molecule has 2 aromatic rings. The van der Waals surface area contributed by atoms with Gasteiger partial charge in [0.1, 0.15) is 11.5 Å². The lowest BCUT2D eigenvalue weighted by atomic mass is 10.1. The van der Waals surface area contributed by atoms with Gasteiger partial charge in [0.2, 0.25) is 5.13 Å². The molecular weight excluding hydrogens is 324 g/mol. The second kappa shape index (κ2) is 6.88. The standard InChI is InChI=1S/C16H24N6OS/c1-5-22-14(10-13(18-22)11(2)3)15(23)20-6-8-21(9-7-20)16-17-12(4)19-24-16/h10-11H,5-9H2,1-4H3.